The van der Waals surface area contributed by atoms with Gasteiger partial charge in [-0.1, -0.05) is 24.3 Å². The molecule has 0 saturated carbocycles. The smallest absolute Gasteiger partial charge is 0.259 e. The van der Waals surface area contributed by atoms with Gasteiger partial charge in [0.05, 0.1) is 6.20 Å². The first-order valence-corrected chi connectivity index (χ1v) is 12.9. The van der Waals surface area contributed by atoms with E-state index in [1.165, 1.54) is 11.1 Å². The van der Waals surface area contributed by atoms with Gasteiger partial charge in [0.25, 0.3) is 5.91 Å². The third kappa shape index (κ3) is 4.52. The standard InChI is InChI=1S/C28H35N7O/c1-18(2)34-17-29-32-26(34)14-22-10-12-33(13-11-22)28(36)25-16-30-35-21(5)24(20(4)31-27(25)35)15-23-9-7-6-8-19(23)3/h6-9,16-18,22H,10-15H2,1-5H3. The normalized spacial score (nSPS) is 14.8. The lowest BCUT2D eigenvalue weighted by Gasteiger charge is -2.31. The number of likely N-dealkylation sites (tertiary alicyclic amines) is 1. The maximum absolute atomic E-state index is 13.5. The highest BCUT2D eigenvalue weighted by molar-refractivity contribution is 5.99. The maximum atomic E-state index is 13.5. The van der Waals surface area contributed by atoms with E-state index in [0.717, 1.165) is 61.5 Å². The van der Waals surface area contributed by atoms with Gasteiger partial charge in [0.2, 0.25) is 0 Å². The topological polar surface area (TPSA) is 81.2 Å². The monoisotopic (exact) mass is 485 g/mol. The maximum Gasteiger partial charge on any atom is 0.259 e. The molecule has 0 spiro atoms. The van der Waals surface area contributed by atoms with E-state index in [4.69, 9.17) is 4.98 Å². The fourth-order valence-corrected chi connectivity index (χ4v) is 5.33. The van der Waals surface area contributed by atoms with Crippen molar-refractivity contribution < 1.29 is 4.79 Å². The number of hydrogen-bond acceptors (Lipinski definition) is 5. The minimum absolute atomic E-state index is 0.0201. The van der Waals surface area contributed by atoms with Crippen molar-refractivity contribution in [3.63, 3.8) is 0 Å². The molecule has 1 aromatic carbocycles. The first kappa shape index (κ1) is 24.2. The highest BCUT2D eigenvalue weighted by Gasteiger charge is 2.28. The van der Waals surface area contributed by atoms with Gasteiger partial charge in [0.1, 0.15) is 17.7 Å². The van der Waals surface area contributed by atoms with Crippen molar-refractivity contribution in [2.24, 2.45) is 5.92 Å². The van der Waals surface area contributed by atoms with Crippen molar-refractivity contribution in [1.29, 1.82) is 0 Å². The molecular formula is C28H35N7O. The Morgan fingerprint density at radius 1 is 1.11 bits per heavy atom. The number of carbonyl (C=O) groups excluding carboxylic acids is 1. The van der Waals surface area contributed by atoms with E-state index < -0.39 is 0 Å². The van der Waals surface area contributed by atoms with E-state index in [-0.39, 0.29) is 5.91 Å². The molecule has 188 valence electrons. The van der Waals surface area contributed by atoms with Crippen LogP contribution in [0.15, 0.2) is 36.8 Å². The molecule has 0 unspecified atom stereocenters. The number of hydrogen-bond donors (Lipinski definition) is 0. The van der Waals surface area contributed by atoms with Crippen LogP contribution in [0.5, 0.6) is 0 Å². The molecule has 1 aliphatic rings. The fraction of sp³-hybridized carbons (Fsp3) is 0.464. The predicted octanol–water partition coefficient (Wildman–Crippen LogP) is 4.51. The van der Waals surface area contributed by atoms with Crippen LogP contribution in [0.2, 0.25) is 0 Å². The Balaban J connectivity index is 1.31. The number of carbonyl (C=O) groups is 1. The summed E-state index contributed by atoms with van der Waals surface area (Å²) in [4.78, 5) is 20.3. The number of nitrogens with zero attached hydrogens (tertiary/aromatic N) is 7. The summed E-state index contributed by atoms with van der Waals surface area (Å²) in [5, 5.41) is 13.0. The van der Waals surface area contributed by atoms with Crippen LogP contribution in [0.1, 0.15) is 77.0 Å². The van der Waals surface area contributed by atoms with Gasteiger partial charge in [-0.3, -0.25) is 4.79 Å². The zero-order chi connectivity index (χ0) is 25.4. The van der Waals surface area contributed by atoms with E-state index >= 15 is 0 Å². The highest BCUT2D eigenvalue weighted by atomic mass is 16.2. The van der Waals surface area contributed by atoms with E-state index in [2.05, 4.69) is 71.8 Å². The summed E-state index contributed by atoms with van der Waals surface area (Å²) < 4.78 is 3.97. The lowest BCUT2D eigenvalue weighted by Crippen LogP contribution is -2.39. The van der Waals surface area contributed by atoms with Gasteiger partial charge in [0.15, 0.2) is 5.65 Å². The minimum atomic E-state index is 0.0201. The molecule has 1 saturated heterocycles. The minimum Gasteiger partial charge on any atom is -0.338 e. The van der Waals surface area contributed by atoms with Crippen molar-refractivity contribution in [3.05, 3.63) is 76.3 Å². The summed E-state index contributed by atoms with van der Waals surface area (Å²) in [6, 6.07) is 8.78. The number of fused-ring (bicyclic) bond motifs is 1. The van der Waals surface area contributed by atoms with Crippen molar-refractivity contribution >= 4 is 11.6 Å². The molecule has 3 aromatic heterocycles. The molecule has 8 nitrogen and oxygen atoms in total. The molecule has 5 rings (SSSR count). The Morgan fingerprint density at radius 2 is 1.86 bits per heavy atom. The van der Waals surface area contributed by atoms with Crippen LogP contribution in [-0.4, -0.2) is 53.3 Å². The number of piperidine rings is 1. The lowest BCUT2D eigenvalue weighted by atomic mass is 9.93. The van der Waals surface area contributed by atoms with Crippen LogP contribution < -0.4 is 0 Å². The molecule has 1 amide bonds. The molecular weight excluding hydrogens is 450 g/mol. The Kier molecular flexibility index (Phi) is 6.60. The molecule has 1 fully saturated rings. The van der Waals surface area contributed by atoms with E-state index in [9.17, 15) is 4.79 Å². The van der Waals surface area contributed by atoms with Crippen molar-refractivity contribution in [2.45, 2.75) is 66.3 Å². The summed E-state index contributed by atoms with van der Waals surface area (Å²) in [6.45, 7) is 12.0. The Labute approximate surface area is 212 Å². The molecule has 1 aliphatic heterocycles. The first-order chi connectivity index (χ1) is 17.3. The second kappa shape index (κ2) is 9.84. The highest BCUT2D eigenvalue weighted by Crippen LogP contribution is 2.26. The number of aryl methyl sites for hydroxylation is 3. The summed E-state index contributed by atoms with van der Waals surface area (Å²) in [7, 11) is 0. The third-order valence-corrected chi connectivity index (χ3v) is 7.64. The van der Waals surface area contributed by atoms with E-state index in [1.54, 1.807) is 6.20 Å². The zero-order valence-corrected chi connectivity index (χ0v) is 21.9. The molecule has 0 aliphatic carbocycles. The fourth-order valence-electron chi connectivity index (χ4n) is 5.33. The Bertz CT molecular complexity index is 1390. The van der Waals surface area contributed by atoms with Gasteiger partial charge < -0.3 is 9.47 Å². The second-order valence-electron chi connectivity index (χ2n) is 10.3. The van der Waals surface area contributed by atoms with Crippen LogP contribution in [0.4, 0.5) is 0 Å². The average Bonchev–Trinajstić information content (AvgIpc) is 3.50. The van der Waals surface area contributed by atoms with Crippen LogP contribution >= 0.6 is 0 Å². The van der Waals surface area contributed by atoms with Crippen molar-refractivity contribution in [2.75, 3.05) is 13.1 Å². The quantitative estimate of drug-likeness (QED) is 0.401. The van der Waals surface area contributed by atoms with Gasteiger partial charge in [-0.2, -0.15) is 5.10 Å². The average molecular weight is 486 g/mol. The molecule has 0 N–H and O–H groups in total. The molecule has 8 heteroatoms. The van der Waals surface area contributed by atoms with Crippen molar-refractivity contribution in [3.8, 4) is 0 Å². The van der Waals surface area contributed by atoms with E-state index in [1.807, 2.05) is 22.7 Å². The molecule has 4 heterocycles. The molecule has 0 radical (unpaired) electrons. The first-order valence-electron chi connectivity index (χ1n) is 12.9. The van der Waals surface area contributed by atoms with E-state index in [0.29, 0.717) is 23.2 Å². The van der Waals surface area contributed by atoms with Gasteiger partial charge in [0, 0.05) is 43.4 Å². The van der Waals surface area contributed by atoms with Crippen LogP contribution in [0.25, 0.3) is 5.65 Å². The Morgan fingerprint density at radius 3 is 2.58 bits per heavy atom. The third-order valence-electron chi connectivity index (χ3n) is 7.64. The number of benzene rings is 1. The second-order valence-corrected chi connectivity index (χ2v) is 10.3. The zero-order valence-electron chi connectivity index (χ0n) is 21.9. The predicted molar refractivity (Wildman–Crippen MR) is 139 cm³/mol. The van der Waals surface area contributed by atoms with Gasteiger partial charge in [-0.25, -0.2) is 9.50 Å². The Hall–Kier alpha value is -3.55. The number of rotatable bonds is 6. The SMILES string of the molecule is Cc1ccccc1Cc1c(C)nc2c(C(=O)N3CCC(Cc4nncn4C(C)C)CC3)cnn2c1C. The summed E-state index contributed by atoms with van der Waals surface area (Å²) in [5.41, 5.74) is 6.92. The molecule has 36 heavy (non-hydrogen) atoms. The summed E-state index contributed by atoms with van der Waals surface area (Å²) in [5.74, 6) is 1.56. The largest absolute Gasteiger partial charge is 0.338 e. The molecule has 0 bridgehead atoms. The van der Waals surface area contributed by atoms with Gasteiger partial charge in [-0.05, 0) is 70.1 Å². The van der Waals surface area contributed by atoms with Gasteiger partial charge >= 0.3 is 0 Å². The van der Waals surface area contributed by atoms with Crippen LogP contribution in [0.3, 0.4) is 0 Å². The van der Waals surface area contributed by atoms with Crippen LogP contribution in [-0.2, 0) is 12.8 Å². The van der Waals surface area contributed by atoms with Crippen LogP contribution in [0, 0.1) is 26.7 Å². The molecule has 0 atom stereocenters. The summed E-state index contributed by atoms with van der Waals surface area (Å²) in [6.07, 6.45) is 7.12. The summed E-state index contributed by atoms with van der Waals surface area (Å²) >= 11 is 0. The van der Waals surface area contributed by atoms with Gasteiger partial charge in [-0.15, -0.1) is 10.2 Å². The number of amides is 1. The molecule has 4 aromatic rings. The lowest BCUT2D eigenvalue weighted by molar-refractivity contribution is 0.0691. The number of aromatic nitrogens is 6. The van der Waals surface area contributed by atoms with Crippen molar-refractivity contribution in [1.82, 2.24) is 34.3 Å².